The Balaban J connectivity index is 1.63. The summed E-state index contributed by atoms with van der Waals surface area (Å²) in [6, 6.07) is 0.214. The second-order valence-corrected chi connectivity index (χ2v) is 5.13. The molecular formula is C13H25NO2. The van der Waals surface area contributed by atoms with Gasteiger partial charge >= 0.3 is 0 Å². The molecule has 0 bridgehead atoms. The molecule has 0 aromatic carbocycles. The smallest absolute Gasteiger partial charge is 0.0725 e. The number of ether oxygens (including phenoxy) is 2. The monoisotopic (exact) mass is 227 g/mol. The summed E-state index contributed by atoms with van der Waals surface area (Å²) >= 11 is 0. The van der Waals surface area contributed by atoms with Crippen LogP contribution in [0.15, 0.2) is 0 Å². The molecular weight excluding hydrogens is 202 g/mol. The van der Waals surface area contributed by atoms with Crippen LogP contribution in [0.3, 0.4) is 0 Å². The average Bonchev–Trinajstić information content (AvgIpc) is 2.38. The topological polar surface area (TPSA) is 44.5 Å². The summed E-state index contributed by atoms with van der Waals surface area (Å²) in [5.41, 5.74) is 6.19. The third-order valence-electron chi connectivity index (χ3n) is 3.79. The van der Waals surface area contributed by atoms with E-state index in [0.717, 1.165) is 32.5 Å². The highest BCUT2D eigenvalue weighted by Crippen LogP contribution is 2.21. The minimum Gasteiger partial charge on any atom is -0.378 e. The fourth-order valence-corrected chi connectivity index (χ4v) is 2.70. The van der Waals surface area contributed by atoms with Crippen LogP contribution in [0.1, 0.15) is 51.4 Å². The summed E-state index contributed by atoms with van der Waals surface area (Å²) in [6.07, 6.45) is 10.3. The van der Waals surface area contributed by atoms with Crippen LogP contribution in [0.2, 0.25) is 0 Å². The lowest BCUT2D eigenvalue weighted by atomic mass is 9.96. The molecule has 0 amide bonds. The molecule has 2 saturated heterocycles. The molecule has 0 radical (unpaired) electrons. The van der Waals surface area contributed by atoms with Gasteiger partial charge in [0, 0.05) is 19.3 Å². The molecule has 2 N–H and O–H groups in total. The molecule has 2 aliphatic rings. The second-order valence-electron chi connectivity index (χ2n) is 5.13. The van der Waals surface area contributed by atoms with Gasteiger partial charge in [-0.05, 0) is 51.4 Å². The van der Waals surface area contributed by atoms with E-state index in [4.69, 9.17) is 15.2 Å². The fourth-order valence-electron chi connectivity index (χ4n) is 2.70. The summed E-state index contributed by atoms with van der Waals surface area (Å²) in [4.78, 5) is 0. The number of hydrogen-bond acceptors (Lipinski definition) is 3. The van der Waals surface area contributed by atoms with Crippen molar-refractivity contribution in [2.45, 2.75) is 69.6 Å². The summed E-state index contributed by atoms with van der Waals surface area (Å²) in [5.74, 6) is 0. The zero-order chi connectivity index (χ0) is 11.2. The molecule has 3 heteroatoms. The molecule has 0 aromatic heterocycles. The molecule has 2 fully saturated rings. The van der Waals surface area contributed by atoms with E-state index in [0.29, 0.717) is 12.2 Å². The van der Waals surface area contributed by atoms with Crippen molar-refractivity contribution < 1.29 is 9.47 Å². The summed E-state index contributed by atoms with van der Waals surface area (Å²) in [6.45, 7) is 1.85. The third-order valence-corrected chi connectivity index (χ3v) is 3.79. The minimum absolute atomic E-state index is 0.214. The first-order valence-electron chi connectivity index (χ1n) is 6.85. The molecule has 0 aliphatic carbocycles. The van der Waals surface area contributed by atoms with Crippen molar-refractivity contribution in [1.29, 1.82) is 0 Å². The predicted molar refractivity (Wildman–Crippen MR) is 64.4 cm³/mol. The standard InChI is InChI=1S/C13H25NO2/c14-12(13-6-2-4-10-16-13)8-7-11-5-1-3-9-15-11/h11-13H,1-10,14H2. The fraction of sp³-hybridized carbons (Fsp3) is 1.00. The lowest BCUT2D eigenvalue weighted by Gasteiger charge is -2.29. The second kappa shape index (κ2) is 6.58. The zero-order valence-corrected chi connectivity index (χ0v) is 10.2. The van der Waals surface area contributed by atoms with Gasteiger partial charge < -0.3 is 15.2 Å². The van der Waals surface area contributed by atoms with E-state index in [9.17, 15) is 0 Å². The van der Waals surface area contributed by atoms with E-state index in [1.165, 1.54) is 32.1 Å². The van der Waals surface area contributed by atoms with Crippen LogP contribution in [0.4, 0.5) is 0 Å². The van der Waals surface area contributed by atoms with Crippen molar-refractivity contribution in [3.63, 3.8) is 0 Å². The van der Waals surface area contributed by atoms with Crippen molar-refractivity contribution in [3.8, 4) is 0 Å². The van der Waals surface area contributed by atoms with Crippen LogP contribution in [0, 0.1) is 0 Å². The number of nitrogens with two attached hydrogens (primary N) is 1. The maximum atomic E-state index is 6.19. The van der Waals surface area contributed by atoms with E-state index < -0.39 is 0 Å². The van der Waals surface area contributed by atoms with Crippen LogP contribution in [0.5, 0.6) is 0 Å². The first-order valence-corrected chi connectivity index (χ1v) is 6.85. The predicted octanol–water partition coefficient (Wildman–Crippen LogP) is 2.23. The molecule has 2 rings (SSSR count). The first-order chi connectivity index (χ1) is 7.86. The Morgan fingerprint density at radius 1 is 1.00 bits per heavy atom. The molecule has 3 unspecified atom stereocenters. The molecule has 2 heterocycles. The van der Waals surface area contributed by atoms with Gasteiger partial charge in [0.25, 0.3) is 0 Å². The molecule has 0 aromatic rings. The average molecular weight is 227 g/mol. The van der Waals surface area contributed by atoms with E-state index in [2.05, 4.69) is 0 Å². The maximum Gasteiger partial charge on any atom is 0.0725 e. The van der Waals surface area contributed by atoms with Gasteiger partial charge in [-0.2, -0.15) is 0 Å². The molecule has 2 aliphatic heterocycles. The SMILES string of the molecule is NC(CCC1CCCCO1)C1CCCCO1. The quantitative estimate of drug-likeness (QED) is 0.801. The molecule has 0 spiro atoms. The molecule has 94 valence electrons. The highest BCUT2D eigenvalue weighted by molar-refractivity contribution is 4.78. The highest BCUT2D eigenvalue weighted by Gasteiger charge is 2.23. The van der Waals surface area contributed by atoms with Gasteiger partial charge in [0.05, 0.1) is 12.2 Å². The first kappa shape index (κ1) is 12.3. The Bertz CT molecular complexity index is 186. The van der Waals surface area contributed by atoms with Crippen LogP contribution in [-0.2, 0) is 9.47 Å². The summed E-state index contributed by atoms with van der Waals surface area (Å²) < 4.78 is 11.4. The van der Waals surface area contributed by atoms with Crippen molar-refractivity contribution in [2.24, 2.45) is 5.73 Å². The Kier molecular flexibility index (Phi) is 5.07. The Morgan fingerprint density at radius 2 is 1.75 bits per heavy atom. The number of rotatable bonds is 4. The van der Waals surface area contributed by atoms with Gasteiger partial charge in [0.15, 0.2) is 0 Å². The van der Waals surface area contributed by atoms with Gasteiger partial charge in [-0.1, -0.05) is 0 Å². The van der Waals surface area contributed by atoms with Crippen LogP contribution in [-0.4, -0.2) is 31.5 Å². The normalized spacial score (nSPS) is 33.6. The summed E-state index contributed by atoms with van der Waals surface area (Å²) in [5, 5.41) is 0. The Morgan fingerprint density at radius 3 is 2.38 bits per heavy atom. The van der Waals surface area contributed by atoms with E-state index >= 15 is 0 Å². The zero-order valence-electron chi connectivity index (χ0n) is 10.2. The van der Waals surface area contributed by atoms with Gasteiger partial charge in [-0.15, -0.1) is 0 Å². The molecule has 0 saturated carbocycles. The Labute approximate surface area is 98.7 Å². The van der Waals surface area contributed by atoms with Crippen molar-refractivity contribution >= 4 is 0 Å². The van der Waals surface area contributed by atoms with Crippen LogP contribution in [0.25, 0.3) is 0 Å². The number of hydrogen-bond donors (Lipinski definition) is 1. The molecule has 3 nitrogen and oxygen atoms in total. The molecule has 16 heavy (non-hydrogen) atoms. The van der Waals surface area contributed by atoms with E-state index in [1.54, 1.807) is 0 Å². The summed E-state index contributed by atoms with van der Waals surface area (Å²) in [7, 11) is 0. The molecule has 3 atom stereocenters. The maximum absolute atomic E-state index is 6.19. The minimum atomic E-state index is 0.214. The van der Waals surface area contributed by atoms with Crippen molar-refractivity contribution in [1.82, 2.24) is 0 Å². The lowest BCUT2D eigenvalue weighted by molar-refractivity contribution is -0.0150. The van der Waals surface area contributed by atoms with Gasteiger partial charge in [0.2, 0.25) is 0 Å². The highest BCUT2D eigenvalue weighted by atomic mass is 16.5. The van der Waals surface area contributed by atoms with Crippen molar-refractivity contribution in [2.75, 3.05) is 13.2 Å². The van der Waals surface area contributed by atoms with Gasteiger partial charge in [-0.25, -0.2) is 0 Å². The van der Waals surface area contributed by atoms with Gasteiger partial charge in [0.1, 0.15) is 0 Å². The van der Waals surface area contributed by atoms with E-state index in [1.807, 2.05) is 0 Å². The lowest BCUT2D eigenvalue weighted by Crippen LogP contribution is -2.39. The van der Waals surface area contributed by atoms with Crippen molar-refractivity contribution in [3.05, 3.63) is 0 Å². The Hall–Kier alpha value is -0.120. The largest absolute Gasteiger partial charge is 0.378 e. The van der Waals surface area contributed by atoms with E-state index in [-0.39, 0.29) is 6.04 Å². The third kappa shape index (κ3) is 3.72. The van der Waals surface area contributed by atoms with Crippen LogP contribution < -0.4 is 5.73 Å². The van der Waals surface area contributed by atoms with Crippen LogP contribution >= 0.6 is 0 Å². The van der Waals surface area contributed by atoms with Gasteiger partial charge in [-0.3, -0.25) is 0 Å².